The molecule has 2 aliphatic rings. The highest BCUT2D eigenvalue weighted by Crippen LogP contribution is 2.34. The normalized spacial score (nSPS) is 20.3. The second-order valence-corrected chi connectivity index (χ2v) is 10.4. The molecule has 6 nitrogen and oxygen atoms in total. The first-order chi connectivity index (χ1) is 14.1. The van der Waals surface area contributed by atoms with Gasteiger partial charge in [0.2, 0.25) is 0 Å². The summed E-state index contributed by atoms with van der Waals surface area (Å²) in [5, 5.41) is 6.68. The number of aryl methyl sites for hydroxylation is 1. The van der Waals surface area contributed by atoms with E-state index in [1.807, 2.05) is 6.07 Å². The summed E-state index contributed by atoms with van der Waals surface area (Å²) in [7, 11) is -3.00. The summed E-state index contributed by atoms with van der Waals surface area (Å²) in [4.78, 5) is 17.9. The van der Waals surface area contributed by atoms with Gasteiger partial charge in [0.05, 0.1) is 33.3 Å². The Hall–Kier alpha value is -2.16. The van der Waals surface area contributed by atoms with Crippen LogP contribution in [0.4, 0.5) is 4.39 Å². The van der Waals surface area contributed by atoms with Crippen molar-refractivity contribution in [2.24, 2.45) is 5.16 Å². The van der Waals surface area contributed by atoms with Crippen LogP contribution in [0.1, 0.15) is 39.6 Å². The van der Waals surface area contributed by atoms with Crippen molar-refractivity contribution >= 4 is 44.7 Å². The van der Waals surface area contributed by atoms with Crippen LogP contribution in [-0.4, -0.2) is 37.6 Å². The number of nitrogens with zero attached hydrogens (tertiary/aromatic N) is 1. The van der Waals surface area contributed by atoms with E-state index in [0.717, 1.165) is 11.1 Å². The number of halogens is 3. The highest BCUT2D eigenvalue weighted by molar-refractivity contribution is 7.92. The van der Waals surface area contributed by atoms with Crippen molar-refractivity contribution in [3.63, 3.8) is 0 Å². The van der Waals surface area contributed by atoms with E-state index in [0.29, 0.717) is 23.3 Å². The first-order valence-electron chi connectivity index (χ1n) is 9.12. The Morgan fingerprint density at radius 1 is 1.20 bits per heavy atom. The summed E-state index contributed by atoms with van der Waals surface area (Å²) < 4.78 is 36.1. The largest absolute Gasteiger partial charge is 0.387 e. The zero-order chi connectivity index (χ0) is 21.6. The molecule has 158 valence electrons. The lowest BCUT2D eigenvalue weighted by atomic mass is 9.97. The van der Waals surface area contributed by atoms with Crippen molar-refractivity contribution in [2.45, 2.75) is 25.5 Å². The molecule has 10 heteroatoms. The van der Waals surface area contributed by atoms with Crippen LogP contribution in [0.25, 0.3) is 0 Å². The third kappa shape index (κ3) is 4.17. The summed E-state index contributed by atoms with van der Waals surface area (Å²) in [5.41, 5.74) is 3.28. The SMILES string of the molecule is Cc1cc(C2=NO[C@H](c3cc(Cl)c(F)c(Cl)c3)C2)ccc1C(=O)NC1CS(=O)(=O)C1. The molecule has 2 aromatic carbocycles. The lowest BCUT2D eigenvalue weighted by Gasteiger charge is -2.26. The number of carbonyl (C=O) groups excluding carboxylic acids is 1. The summed E-state index contributed by atoms with van der Waals surface area (Å²) in [6.07, 6.45) is -0.0112. The molecule has 1 fully saturated rings. The van der Waals surface area contributed by atoms with Crippen LogP contribution in [0.5, 0.6) is 0 Å². The van der Waals surface area contributed by atoms with Gasteiger partial charge in [-0.15, -0.1) is 0 Å². The van der Waals surface area contributed by atoms with Crippen molar-refractivity contribution in [2.75, 3.05) is 11.5 Å². The molecule has 2 heterocycles. The Kier molecular flexibility index (Phi) is 5.50. The van der Waals surface area contributed by atoms with E-state index in [4.69, 9.17) is 28.0 Å². The fourth-order valence-corrected chi connectivity index (χ4v) is 5.30. The molecule has 0 saturated carbocycles. The van der Waals surface area contributed by atoms with E-state index < -0.39 is 21.8 Å². The third-order valence-corrected chi connectivity index (χ3v) is 7.47. The number of nitrogens with one attached hydrogen (secondary N) is 1. The van der Waals surface area contributed by atoms with Gasteiger partial charge >= 0.3 is 0 Å². The molecule has 0 spiro atoms. The number of rotatable bonds is 4. The van der Waals surface area contributed by atoms with Gasteiger partial charge in [-0.2, -0.15) is 0 Å². The smallest absolute Gasteiger partial charge is 0.251 e. The van der Waals surface area contributed by atoms with Gasteiger partial charge in [-0.3, -0.25) is 4.79 Å². The zero-order valence-corrected chi connectivity index (χ0v) is 18.1. The molecule has 0 unspecified atom stereocenters. The van der Waals surface area contributed by atoms with Crippen molar-refractivity contribution in [3.05, 3.63) is 68.4 Å². The summed E-state index contributed by atoms with van der Waals surface area (Å²) in [6, 6.07) is 7.84. The molecule has 0 aromatic heterocycles. The van der Waals surface area contributed by atoms with Crippen molar-refractivity contribution in [1.29, 1.82) is 0 Å². The fraction of sp³-hybridized carbons (Fsp3) is 0.300. The molecular formula is C20H17Cl2FN2O4S. The van der Waals surface area contributed by atoms with E-state index in [1.165, 1.54) is 12.1 Å². The molecule has 1 amide bonds. The lowest BCUT2D eigenvalue weighted by molar-refractivity contribution is 0.0857. The predicted octanol–water partition coefficient (Wildman–Crippen LogP) is 3.83. The van der Waals surface area contributed by atoms with Crippen LogP contribution in [0.3, 0.4) is 0 Å². The van der Waals surface area contributed by atoms with Gasteiger partial charge in [-0.25, -0.2) is 12.8 Å². The fourth-order valence-electron chi connectivity index (χ4n) is 3.50. The first kappa shape index (κ1) is 21.1. The van der Waals surface area contributed by atoms with Gasteiger partial charge in [-0.05, 0) is 47.9 Å². The number of oxime groups is 1. The average molecular weight is 471 g/mol. The molecule has 1 saturated heterocycles. The standard InChI is InChI=1S/C20H17Cl2FN2O4S/c1-10-4-11(2-3-14(10)20(26)24-13-8-30(27,28)9-13)17-7-18(29-25-17)12-5-15(21)19(23)16(22)6-12/h2-6,13,18H,7-9H2,1H3,(H,24,26)/t18-/m0/s1. The number of amides is 1. The molecule has 1 N–H and O–H groups in total. The van der Waals surface area contributed by atoms with Gasteiger partial charge in [0.25, 0.3) is 5.91 Å². The minimum Gasteiger partial charge on any atom is -0.387 e. The second-order valence-electron chi connectivity index (χ2n) is 7.41. The molecule has 4 rings (SSSR count). The summed E-state index contributed by atoms with van der Waals surface area (Å²) in [6.45, 7) is 1.79. The Morgan fingerprint density at radius 3 is 2.47 bits per heavy atom. The molecular weight excluding hydrogens is 454 g/mol. The Morgan fingerprint density at radius 2 is 1.87 bits per heavy atom. The van der Waals surface area contributed by atoms with Gasteiger partial charge < -0.3 is 10.2 Å². The predicted molar refractivity (Wildman–Crippen MR) is 112 cm³/mol. The minimum absolute atomic E-state index is 0.0250. The van der Waals surface area contributed by atoms with Crippen LogP contribution < -0.4 is 5.32 Å². The Balaban J connectivity index is 1.45. The number of sulfone groups is 1. The number of benzene rings is 2. The van der Waals surface area contributed by atoms with Crippen molar-refractivity contribution in [3.8, 4) is 0 Å². The molecule has 2 aromatic rings. The van der Waals surface area contributed by atoms with E-state index in [1.54, 1.807) is 19.1 Å². The quantitative estimate of drug-likeness (QED) is 0.687. The van der Waals surface area contributed by atoms with Crippen LogP contribution in [0.2, 0.25) is 10.0 Å². The average Bonchev–Trinajstić information content (AvgIpc) is 3.14. The third-order valence-electron chi connectivity index (χ3n) is 5.10. The second kappa shape index (κ2) is 7.83. The summed E-state index contributed by atoms with van der Waals surface area (Å²) >= 11 is 11.7. The number of carbonyl (C=O) groups is 1. The highest BCUT2D eigenvalue weighted by atomic mass is 35.5. The van der Waals surface area contributed by atoms with Crippen LogP contribution in [-0.2, 0) is 14.7 Å². The Bertz CT molecular complexity index is 1150. The van der Waals surface area contributed by atoms with E-state index in [2.05, 4.69) is 10.5 Å². The van der Waals surface area contributed by atoms with Crippen LogP contribution in [0.15, 0.2) is 35.5 Å². The highest BCUT2D eigenvalue weighted by Gasteiger charge is 2.34. The number of hydrogen-bond acceptors (Lipinski definition) is 5. The van der Waals surface area contributed by atoms with E-state index in [-0.39, 0.29) is 33.5 Å². The minimum atomic E-state index is -3.00. The first-order valence-corrected chi connectivity index (χ1v) is 11.7. The molecule has 30 heavy (non-hydrogen) atoms. The van der Waals surface area contributed by atoms with E-state index >= 15 is 0 Å². The van der Waals surface area contributed by atoms with Gasteiger partial charge in [0.15, 0.2) is 21.8 Å². The van der Waals surface area contributed by atoms with Crippen LogP contribution in [0, 0.1) is 12.7 Å². The lowest BCUT2D eigenvalue weighted by Crippen LogP contribution is -2.53. The molecule has 1 atom stereocenters. The maximum atomic E-state index is 13.6. The molecule has 2 aliphatic heterocycles. The van der Waals surface area contributed by atoms with Crippen molar-refractivity contribution < 1.29 is 22.4 Å². The Labute approximate surface area is 182 Å². The zero-order valence-electron chi connectivity index (χ0n) is 15.8. The van der Waals surface area contributed by atoms with Gasteiger partial charge in [0.1, 0.15) is 0 Å². The van der Waals surface area contributed by atoms with Gasteiger partial charge in [0, 0.05) is 12.0 Å². The molecule has 0 radical (unpaired) electrons. The van der Waals surface area contributed by atoms with Crippen LogP contribution >= 0.6 is 23.2 Å². The maximum Gasteiger partial charge on any atom is 0.251 e. The summed E-state index contributed by atoms with van der Waals surface area (Å²) in [5.74, 6) is -1.03. The monoisotopic (exact) mass is 470 g/mol. The number of hydrogen-bond donors (Lipinski definition) is 1. The molecule has 0 bridgehead atoms. The van der Waals surface area contributed by atoms with Gasteiger partial charge in [-0.1, -0.05) is 34.4 Å². The van der Waals surface area contributed by atoms with E-state index in [9.17, 15) is 17.6 Å². The topological polar surface area (TPSA) is 84.8 Å². The van der Waals surface area contributed by atoms with Crippen molar-refractivity contribution in [1.82, 2.24) is 5.32 Å². The molecule has 0 aliphatic carbocycles. The maximum absolute atomic E-state index is 13.6.